The first-order valence-electron chi connectivity index (χ1n) is 9.12. The van der Waals surface area contributed by atoms with Crippen LogP contribution < -0.4 is 15.4 Å². The number of nitrogens with one attached hydrogen (secondary N) is 2. The number of para-hydroxylation sites is 1. The molecule has 1 aromatic heterocycles. The molecule has 0 bridgehead atoms. The van der Waals surface area contributed by atoms with Crippen LogP contribution in [0.3, 0.4) is 0 Å². The van der Waals surface area contributed by atoms with E-state index in [4.69, 9.17) is 44.3 Å². The zero-order valence-corrected chi connectivity index (χ0v) is 20.1. The number of anilines is 1. The van der Waals surface area contributed by atoms with Crippen molar-refractivity contribution in [1.82, 2.24) is 5.32 Å². The molecular weight excluding hydrogens is 471 g/mol. The maximum atomic E-state index is 12.4. The Bertz CT molecular complexity index is 912. The highest BCUT2D eigenvalue weighted by Crippen LogP contribution is 2.37. The lowest BCUT2D eigenvalue weighted by atomic mass is 10.1. The molecule has 0 saturated carbocycles. The summed E-state index contributed by atoms with van der Waals surface area (Å²) in [6.45, 7) is 7.23. The van der Waals surface area contributed by atoms with Gasteiger partial charge in [-0.3, -0.25) is 4.79 Å². The summed E-state index contributed by atoms with van der Waals surface area (Å²) in [6, 6.07) is 7.31. The second-order valence-corrected chi connectivity index (χ2v) is 10.0. The van der Waals surface area contributed by atoms with Gasteiger partial charge in [0.25, 0.3) is 5.91 Å². The van der Waals surface area contributed by atoms with E-state index in [1.54, 1.807) is 13.0 Å². The molecule has 0 aliphatic carbocycles. The lowest BCUT2D eigenvalue weighted by Crippen LogP contribution is -2.50. The molecular formula is C20H23Cl3N2O4S. The number of amides is 1. The number of aryl methyl sites for hydroxylation is 2. The molecule has 2 N–H and O–H groups in total. The van der Waals surface area contributed by atoms with Gasteiger partial charge in [-0.05, 0) is 44.9 Å². The molecule has 0 aliphatic rings. The Kier molecular flexibility index (Phi) is 8.67. The number of hydrogen-bond acceptors (Lipinski definition) is 6. The van der Waals surface area contributed by atoms with E-state index in [0.29, 0.717) is 16.3 Å². The molecule has 1 heterocycles. The molecule has 2 aromatic rings. The average molecular weight is 494 g/mol. The summed E-state index contributed by atoms with van der Waals surface area (Å²) in [5, 5.41) is 6.01. The van der Waals surface area contributed by atoms with E-state index in [1.807, 2.05) is 39.0 Å². The van der Waals surface area contributed by atoms with Crippen LogP contribution in [0.5, 0.6) is 5.75 Å². The molecule has 2 rings (SSSR count). The number of benzene rings is 1. The molecule has 10 heteroatoms. The van der Waals surface area contributed by atoms with Crippen molar-refractivity contribution in [2.45, 2.75) is 37.7 Å². The second-order valence-electron chi connectivity index (χ2n) is 6.45. The molecule has 0 radical (unpaired) electrons. The van der Waals surface area contributed by atoms with Gasteiger partial charge in [0.2, 0.25) is 3.79 Å². The standard InChI is InChI=1S/C20H23Cl3N2O4S/c1-5-28-18(27)16-12(3)13(4)30-17(16)25-19(20(21,22)23)24-15(26)10-29-14-9-7-6-8-11(14)2/h6-9,19,25H,5,10H2,1-4H3,(H,24,26)/t19-/m0/s1. The Labute approximate surface area is 194 Å². The fourth-order valence-electron chi connectivity index (χ4n) is 2.57. The summed E-state index contributed by atoms with van der Waals surface area (Å²) in [5.41, 5.74) is 2.01. The minimum absolute atomic E-state index is 0.230. The first-order valence-corrected chi connectivity index (χ1v) is 11.1. The van der Waals surface area contributed by atoms with Crippen molar-refractivity contribution < 1.29 is 19.1 Å². The Morgan fingerprint density at radius 2 is 1.83 bits per heavy atom. The first-order chi connectivity index (χ1) is 14.0. The highest BCUT2D eigenvalue weighted by atomic mass is 35.6. The quantitative estimate of drug-likeness (QED) is 0.302. The van der Waals surface area contributed by atoms with E-state index >= 15 is 0 Å². The maximum absolute atomic E-state index is 12.4. The smallest absolute Gasteiger partial charge is 0.341 e. The molecule has 0 aliphatic heterocycles. The predicted octanol–water partition coefficient (Wildman–Crippen LogP) is 5.15. The number of alkyl halides is 3. The summed E-state index contributed by atoms with van der Waals surface area (Å²) in [7, 11) is 0. The maximum Gasteiger partial charge on any atom is 0.341 e. The highest BCUT2D eigenvalue weighted by Gasteiger charge is 2.36. The van der Waals surface area contributed by atoms with E-state index in [2.05, 4.69) is 10.6 Å². The van der Waals surface area contributed by atoms with Gasteiger partial charge in [0.05, 0.1) is 12.2 Å². The van der Waals surface area contributed by atoms with Crippen molar-refractivity contribution in [1.29, 1.82) is 0 Å². The van der Waals surface area contributed by atoms with Crippen molar-refractivity contribution in [2.24, 2.45) is 0 Å². The minimum atomic E-state index is -1.89. The van der Waals surface area contributed by atoms with Crippen LogP contribution in [0.25, 0.3) is 0 Å². The van der Waals surface area contributed by atoms with Crippen LogP contribution in [0.2, 0.25) is 0 Å². The topological polar surface area (TPSA) is 76.7 Å². The van der Waals surface area contributed by atoms with Gasteiger partial charge in [-0.1, -0.05) is 53.0 Å². The fraction of sp³-hybridized carbons (Fsp3) is 0.400. The Balaban J connectivity index is 2.16. The number of hydrogen-bond donors (Lipinski definition) is 2. The van der Waals surface area contributed by atoms with Gasteiger partial charge in [-0.15, -0.1) is 11.3 Å². The van der Waals surface area contributed by atoms with Crippen molar-refractivity contribution in [3.63, 3.8) is 0 Å². The van der Waals surface area contributed by atoms with E-state index in [1.165, 1.54) is 11.3 Å². The number of carbonyl (C=O) groups excluding carboxylic acids is 2. The third-order valence-electron chi connectivity index (χ3n) is 4.23. The van der Waals surface area contributed by atoms with Crippen molar-refractivity contribution in [2.75, 3.05) is 18.5 Å². The Morgan fingerprint density at radius 1 is 1.17 bits per heavy atom. The van der Waals surface area contributed by atoms with Gasteiger partial charge in [0.15, 0.2) is 6.61 Å². The number of ether oxygens (including phenoxy) is 2. The zero-order valence-electron chi connectivity index (χ0n) is 17.0. The Morgan fingerprint density at radius 3 is 2.43 bits per heavy atom. The summed E-state index contributed by atoms with van der Waals surface area (Å²) in [6.07, 6.45) is -1.11. The number of carbonyl (C=O) groups is 2. The largest absolute Gasteiger partial charge is 0.484 e. The van der Waals surface area contributed by atoms with Gasteiger partial charge < -0.3 is 20.1 Å². The van der Waals surface area contributed by atoms with Gasteiger partial charge in [-0.25, -0.2) is 4.79 Å². The van der Waals surface area contributed by atoms with Gasteiger partial charge in [0.1, 0.15) is 16.9 Å². The number of thiophene rings is 1. The highest BCUT2D eigenvalue weighted by molar-refractivity contribution is 7.16. The van der Waals surface area contributed by atoms with E-state index in [9.17, 15) is 9.59 Å². The SMILES string of the molecule is CCOC(=O)c1c(N[C@H](NC(=O)COc2ccccc2C)C(Cl)(Cl)Cl)sc(C)c1C. The Hall–Kier alpha value is -1.67. The predicted molar refractivity (Wildman–Crippen MR) is 122 cm³/mol. The monoisotopic (exact) mass is 492 g/mol. The minimum Gasteiger partial charge on any atom is -0.484 e. The van der Waals surface area contributed by atoms with Gasteiger partial charge in [-0.2, -0.15) is 0 Å². The summed E-state index contributed by atoms with van der Waals surface area (Å²) < 4.78 is 8.78. The van der Waals surface area contributed by atoms with Crippen LogP contribution in [0.15, 0.2) is 24.3 Å². The lowest BCUT2D eigenvalue weighted by Gasteiger charge is -2.27. The van der Waals surface area contributed by atoms with Crippen LogP contribution in [-0.2, 0) is 9.53 Å². The molecule has 1 amide bonds. The van der Waals surface area contributed by atoms with Crippen LogP contribution >= 0.6 is 46.1 Å². The van der Waals surface area contributed by atoms with Crippen molar-refractivity contribution in [3.05, 3.63) is 45.8 Å². The van der Waals surface area contributed by atoms with E-state index in [-0.39, 0.29) is 13.2 Å². The molecule has 30 heavy (non-hydrogen) atoms. The van der Waals surface area contributed by atoms with Crippen LogP contribution in [0.1, 0.15) is 33.3 Å². The van der Waals surface area contributed by atoms with Gasteiger partial charge in [0, 0.05) is 4.88 Å². The summed E-state index contributed by atoms with van der Waals surface area (Å²) in [5.74, 6) is -0.399. The van der Waals surface area contributed by atoms with Crippen LogP contribution in [0.4, 0.5) is 5.00 Å². The van der Waals surface area contributed by atoms with Crippen LogP contribution in [0, 0.1) is 20.8 Å². The molecule has 6 nitrogen and oxygen atoms in total. The third kappa shape index (κ3) is 6.41. The number of esters is 1. The normalized spacial score (nSPS) is 12.2. The molecule has 0 unspecified atom stereocenters. The van der Waals surface area contributed by atoms with Crippen molar-refractivity contribution >= 4 is 63.0 Å². The molecule has 1 aromatic carbocycles. The molecule has 0 fully saturated rings. The molecule has 1 atom stereocenters. The first kappa shape index (κ1) is 24.6. The molecule has 0 saturated heterocycles. The van der Waals surface area contributed by atoms with Crippen molar-refractivity contribution in [3.8, 4) is 5.75 Å². The third-order valence-corrected chi connectivity index (χ3v) is 6.02. The molecule has 0 spiro atoms. The second kappa shape index (κ2) is 10.6. The molecule has 164 valence electrons. The number of rotatable bonds is 8. The zero-order chi connectivity index (χ0) is 22.5. The van der Waals surface area contributed by atoms with Crippen LogP contribution in [-0.4, -0.2) is 35.0 Å². The van der Waals surface area contributed by atoms with E-state index in [0.717, 1.165) is 16.0 Å². The number of halogens is 3. The lowest BCUT2D eigenvalue weighted by molar-refractivity contribution is -0.123. The summed E-state index contributed by atoms with van der Waals surface area (Å²) >= 11 is 19.5. The summed E-state index contributed by atoms with van der Waals surface area (Å²) in [4.78, 5) is 25.7. The van der Waals surface area contributed by atoms with E-state index < -0.39 is 21.8 Å². The fourth-order valence-corrected chi connectivity index (χ4v) is 3.98. The average Bonchev–Trinajstić information content (AvgIpc) is 2.93. The van der Waals surface area contributed by atoms with Gasteiger partial charge >= 0.3 is 5.97 Å².